The van der Waals surface area contributed by atoms with Gasteiger partial charge < -0.3 is 10.2 Å². The molecule has 1 N–H and O–H groups in total. The number of carbonyl (C=O) groups is 1. The molecule has 1 aliphatic heterocycles. The van der Waals surface area contributed by atoms with Gasteiger partial charge in [0.1, 0.15) is 0 Å². The Bertz CT molecular complexity index is 199. The van der Waals surface area contributed by atoms with Crippen molar-refractivity contribution in [2.24, 2.45) is 0 Å². The second-order valence-electron chi connectivity index (χ2n) is 3.66. The fraction of sp³-hybridized carbons (Fsp3) is 0.889. The summed E-state index contributed by atoms with van der Waals surface area (Å²) >= 11 is 0. The summed E-state index contributed by atoms with van der Waals surface area (Å²) in [5.74, 6) is -0.204. The number of hydrogen-bond acceptors (Lipinski definition) is 2. The van der Waals surface area contributed by atoms with Gasteiger partial charge in [-0.1, -0.05) is 0 Å². The number of alkyl halides is 2. The van der Waals surface area contributed by atoms with Crippen LogP contribution in [0.15, 0.2) is 0 Å². The summed E-state index contributed by atoms with van der Waals surface area (Å²) in [7, 11) is 1.42. The van der Waals surface area contributed by atoms with E-state index < -0.39 is 13.0 Å². The van der Waals surface area contributed by atoms with E-state index in [1.165, 1.54) is 7.05 Å². The van der Waals surface area contributed by atoms with Gasteiger partial charge in [-0.2, -0.15) is 0 Å². The third-order valence-corrected chi connectivity index (χ3v) is 2.42. The quantitative estimate of drug-likeness (QED) is 0.806. The number of halogens is 3. The first-order chi connectivity index (χ1) is 6.59. The second kappa shape index (κ2) is 6.95. The van der Waals surface area contributed by atoms with Gasteiger partial charge in [0.25, 0.3) is 6.43 Å². The van der Waals surface area contributed by atoms with Crippen molar-refractivity contribution in [1.29, 1.82) is 0 Å². The fourth-order valence-corrected chi connectivity index (χ4v) is 1.61. The number of nitrogens with zero attached hydrogens (tertiary/aromatic N) is 1. The predicted octanol–water partition coefficient (Wildman–Crippen LogP) is 1.27. The topological polar surface area (TPSA) is 32.3 Å². The molecule has 1 fully saturated rings. The Kier molecular flexibility index (Phi) is 6.76. The Morgan fingerprint density at radius 2 is 2.27 bits per heavy atom. The number of hydrogen-bond donors (Lipinski definition) is 1. The van der Waals surface area contributed by atoms with E-state index in [0.29, 0.717) is 6.42 Å². The third kappa shape index (κ3) is 5.28. The van der Waals surface area contributed by atoms with Crippen molar-refractivity contribution in [1.82, 2.24) is 10.2 Å². The SMILES string of the molecule is CN(CC(F)F)C(=O)CC1CCCN1.Cl. The molecule has 1 rings (SSSR count). The summed E-state index contributed by atoms with van der Waals surface area (Å²) in [4.78, 5) is 12.5. The lowest BCUT2D eigenvalue weighted by atomic mass is 10.1. The molecule has 15 heavy (non-hydrogen) atoms. The highest BCUT2D eigenvalue weighted by atomic mass is 35.5. The maximum absolute atomic E-state index is 11.9. The molecule has 0 aromatic carbocycles. The number of rotatable bonds is 4. The van der Waals surface area contributed by atoms with Crippen LogP contribution in [-0.4, -0.2) is 43.4 Å². The minimum absolute atomic E-state index is 0. The summed E-state index contributed by atoms with van der Waals surface area (Å²) in [5.41, 5.74) is 0. The van der Waals surface area contributed by atoms with E-state index in [1.54, 1.807) is 0 Å². The Morgan fingerprint density at radius 3 is 2.73 bits per heavy atom. The Balaban J connectivity index is 0.00000196. The predicted molar refractivity (Wildman–Crippen MR) is 56.5 cm³/mol. The zero-order valence-electron chi connectivity index (χ0n) is 8.71. The molecule has 0 aromatic rings. The first-order valence-electron chi connectivity index (χ1n) is 4.85. The number of amides is 1. The average molecular weight is 243 g/mol. The van der Waals surface area contributed by atoms with Gasteiger partial charge in [-0.25, -0.2) is 8.78 Å². The Morgan fingerprint density at radius 1 is 1.60 bits per heavy atom. The van der Waals surface area contributed by atoms with E-state index in [0.717, 1.165) is 24.3 Å². The maximum Gasteiger partial charge on any atom is 0.255 e. The van der Waals surface area contributed by atoms with Gasteiger partial charge in [-0.15, -0.1) is 12.4 Å². The molecule has 6 heteroatoms. The highest BCUT2D eigenvalue weighted by Crippen LogP contribution is 2.10. The summed E-state index contributed by atoms with van der Waals surface area (Å²) in [6, 6.07) is 0.183. The number of nitrogens with one attached hydrogen (secondary N) is 1. The zero-order valence-corrected chi connectivity index (χ0v) is 9.53. The Labute approximate surface area is 94.6 Å². The molecule has 3 nitrogen and oxygen atoms in total. The first-order valence-corrected chi connectivity index (χ1v) is 4.85. The van der Waals surface area contributed by atoms with Gasteiger partial charge >= 0.3 is 0 Å². The van der Waals surface area contributed by atoms with Crippen LogP contribution in [0.5, 0.6) is 0 Å². The molecule has 1 amide bonds. The van der Waals surface area contributed by atoms with Crippen LogP contribution in [0.4, 0.5) is 8.78 Å². The standard InChI is InChI=1S/C9H16F2N2O.ClH/c1-13(6-8(10)11)9(14)5-7-3-2-4-12-7;/h7-8,12H,2-6H2,1H3;1H. The molecular weight excluding hydrogens is 226 g/mol. The van der Waals surface area contributed by atoms with Crippen molar-refractivity contribution in [3.05, 3.63) is 0 Å². The van der Waals surface area contributed by atoms with Crippen LogP contribution < -0.4 is 5.32 Å². The van der Waals surface area contributed by atoms with Crippen molar-refractivity contribution >= 4 is 18.3 Å². The summed E-state index contributed by atoms with van der Waals surface area (Å²) in [5, 5.41) is 3.16. The molecule has 90 valence electrons. The molecule has 0 saturated carbocycles. The van der Waals surface area contributed by atoms with Crippen molar-refractivity contribution < 1.29 is 13.6 Å². The van der Waals surface area contributed by atoms with Gasteiger partial charge in [-0.05, 0) is 19.4 Å². The Hall–Kier alpha value is -0.420. The van der Waals surface area contributed by atoms with Gasteiger partial charge in [0.15, 0.2) is 0 Å². The van der Waals surface area contributed by atoms with Crippen molar-refractivity contribution in [2.75, 3.05) is 20.1 Å². The van der Waals surface area contributed by atoms with Crippen molar-refractivity contribution in [3.63, 3.8) is 0 Å². The fourth-order valence-electron chi connectivity index (χ4n) is 1.61. The molecule has 0 aliphatic carbocycles. The molecule has 1 saturated heterocycles. The molecule has 0 radical (unpaired) electrons. The molecule has 0 bridgehead atoms. The van der Waals surface area contributed by atoms with Crippen LogP contribution in [0.1, 0.15) is 19.3 Å². The van der Waals surface area contributed by atoms with E-state index in [1.807, 2.05) is 0 Å². The first kappa shape index (κ1) is 14.6. The smallest absolute Gasteiger partial charge is 0.255 e. The van der Waals surface area contributed by atoms with E-state index in [2.05, 4.69) is 5.32 Å². The third-order valence-electron chi connectivity index (χ3n) is 2.42. The lowest BCUT2D eigenvalue weighted by Gasteiger charge is -2.18. The normalized spacial score (nSPS) is 20.1. The molecule has 1 unspecified atom stereocenters. The molecule has 0 spiro atoms. The van der Waals surface area contributed by atoms with Gasteiger partial charge in [0.05, 0.1) is 6.54 Å². The molecule has 0 aromatic heterocycles. The monoisotopic (exact) mass is 242 g/mol. The minimum Gasteiger partial charge on any atom is -0.340 e. The summed E-state index contributed by atoms with van der Waals surface area (Å²) in [6.45, 7) is 0.460. The van der Waals surface area contributed by atoms with E-state index in [-0.39, 0.29) is 24.4 Å². The highest BCUT2D eigenvalue weighted by Gasteiger charge is 2.21. The molecule has 1 heterocycles. The zero-order chi connectivity index (χ0) is 10.6. The van der Waals surface area contributed by atoms with Crippen LogP contribution in [0.3, 0.4) is 0 Å². The van der Waals surface area contributed by atoms with Crippen LogP contribution in [0.2, 0.25) is 0 Å². The molecular formula is C9H17ClF2N2O. The van der Waals surface area contributed by atoms with Crippen LogP contribution in [0, 0.1) is 0 Å². The van der Waals surface area contributed by atoms with Crippen LogP contribution in [-0.2, 0) is 4.79 Å². The lowest BCUT2D eigenvalue weighted by molar-refractivity contribution is -0.132. The highest BCUT2D eigenvalue weighted by molar-refractivity contribution is 5.85. The van der Waals surface area contributed by atoms with E-state index >= 15 is 0 Å². The lowest BCUT2D eigenvalue weighted by Crippen LogP contribution is -2.35. The van der Waals surface area contributed by atoms with Gasteiger partial charge in [0.2, 0.25) is 5.91 Å². The van der Waals surface area contributed by atoms with Crippen LogP contribution in [0.25, 0.3) is 0 Å². The average Bonchev–Trinajstić information content (AvgIpc) is 2.55. The van der Waals surface area contributed by atoms with Gasteiger partial charge in [-0.3, -0.25) is 4.79 Å². The van der Waals surface area contributed by atoms with E-state index in [9.17, 15) is 13.6 Å². The minimum atomic E-state index is -2.44. The van der Waals surface area contributed by atoms with E-state index in [4.69, 9.17) is 0 Å². The van der Waals surface area contributed by atoms with Crippen LogP contribution >= 0.6 is 12.4 Å². The van der Waals surface area contributed by atoms with Gasteiger partial charge in [0, 0.05) is 19.5 Å². The maximum atomic E-state index is 11.9. The largest absolute Gasteiger partial charge is 0.340 e. The molecule has 1 atom stereocenters. The molecule has 1 aliphatic rings. The summed E-state index contributed by atoms with van der Waals surface area (Å²) in [6.07, 6.45) is -0.0750. The number of carbonyl (C=O) groups excluding carboxylic acids is 1. The summed E-state index contributed by atoms with van der Waals surface area (Å²) < 4.78 is 23.9. The second-order valence-corrected chi connectivity index (χ2v) is 3.66. The van der Waals surface area contributed by atoms with Crippen molar-refractivity contribution in [2.45, 2.75) is 31.7 Å². The van der Waals surface area contributed by atoms with Crippen molar-refractivity contribution in [3.8, 4) is 0 Å².